The first-order chi connectivity index (χ1) is 9.20. The molecule has 0 aliphatic carbocycles. The van der Waals surface area contributed by atoms with Crippen molar-refractivity contribution in [3.05, 3.63) is 52.7 Å². The number of nitrogens with two attached hydrogens (primary N) is 1. The normalized spacial score (nSPS) is 13.0. The summed E-state index contributed by atoms with van der Waals surface area (Å²) in [6.07, 6.45) is 3.69. The Morgan fingerprint density at radius 3 is 3.05 bits per heavy atom. The third-order valence-electron chi connectivity index (χ3n) is 3.19. The molecule has 3 rings (SSSR count). The van der Waals surface area contributed by atoms with Gasteiger partial charge in [0.05, 0.1) is 4.47 Å². The molecule has 0 saturated carbocycles. The summed E-state index contributed by atoms with van der Waals surface area (Å²) in [4.78, 5) is 4.32. The van der Waals surface area contributed by atoms with E-state index in [9.17, 15) is 0 Å². The molecule has 1 atom stereocenters. The fraction of sp³-hybridized carbons (Fsp3) is 0.214. The average molecular weight is 320 g/mol. The lowest BCUT2D eigenvalue weighted by Gasteiger charge is -2.10. The van der Waals surface area contributed by atoms with Gasteiger partial charge in [0.1, 0.15) is 23.2 Å². The van der Waals surface area contributed by atoms with E-state index in [1.807, 2.05) is 35.0 Å². The molecule has 0 fully saturated rings. The highest BCUT2D eigenvalue weighted by atomic mass is 79.9. The molecule has 0 amide bonds. The molecule has 19 heavy (non-hydrogen) atoms. The van der Waals surface area contributed by atoms with Gasteiger partial charge in [-0.05, 0) is 35.0 Å². The Balaban J connectivity index is 2.07. The third-order valence-corrected chi connectivity index (χ3v) is 3.81. The van der Waals surface area contributed by atoms with E-state index in [1.54, 1.807) is 6.20 Å². The summed E-state index contributed by atoms with van der Waals surface area (Å²) in [5.74, 6) is 1.54. The molecular formula is C14H14BrN3O. The van der Waals surface area contributed by atoms with Crippen LogP contribution in [-0.4, -0.2) is 9.55 Å². The van der Waals surface area contributed by atoms with Crippen molar-refractivity contribution in [1.29, 1.82) is 0 Å². The Bertz CT molecular complexity index is 716. The van der Waals surface area contributed by atoms with Crippen LogP contribution in [-0.2, 0) is 6.54 Å². The van der Waals surface area contributed by atoms with Gasteiger partial charge < -0.3 is 14.7 Å². The van der Waals surface area contributed by atoms with Gasteiger partial charge in [0.2, 0.25) is 0 Å². The number of hydrogen-bond donors (Lipinski definition) is 1. The molecule has 0 aliphatic heterocycles. The molecule has 0 radical (unpaired) electrons. The molecule has 4 nitrogen and oxygen atoms in total. The van der Waals surface area contributed by atoms with Crippen LogP contribution < -0.4 is 5.73 Å². The largest absolute Gasteiger partial charge is 0.458 e. The van der Waals surface area contributed by atoms with Gasteiger partial charge in [0.25, 0.3) is 0 Å². The summed E-state index contributed by atoms with van der Waals surface area (Å²) in [5, 5.41) is 1.04. The molecule has 3 aromatic rings. The van der Waals surface area contributed by atoms with E-state index in [0.29, 0.717) is 0 Å². The van der Waals surface area contributed by atoms with Gasteiger partial charge in [-0.2, -0.15) is 0 Å². The molecule has 0 aliphatic rings. The second-order valence-electron chi connectivity index (χ2n) is 4.36. The average Bonchev–Trinajstić information content (AvgIpc) is 3.04. The van der Waals surface area contributed by atoms with Crippen molar-refractivity contribution >= 4 is 26.9 Å². The molecule has 0 spiro atoms. The second-order valence-corrected chi connectivity index (χ2v) is 5.21. The fourth-order valence-electron chi connectivity index (χ4n) is 2.19. The van der Waals surface area contributed by atoms with E-state index < -0.39 is 0 Å². The summed E-state index contributed by atoms with van der Waals surface area (Å²) >= 11 is 3.48. The molecule has 0 bridgehead atoms. The van der Waals surface area contributed by atoms with Crippen molar-refractivity contribution in [2.75, 3.05) is 0 Å². The molecular weight excluding hydrogens is 306 g/mol. The first kappa shape index (κ1) is 12.4. The van der Waals surface area contributed by atoms with Crippen LogP contribution >= 0.6 is 15.9 Å². The zero-order valence-corrected chi connectivity index (χ0v) is 12.1. The number of imidazole rings is 1. The van der Waals surface area contributed by atoms with Crippen LogP contribution in [0.1, 0.15) is 24.6 Å². The van der Waals surface area contributed by atoms with Crippen LogP contribution in [0.15, 0.2) is 45.5 Å². The Labute approximate surface area is 119 Å². The fourth-order valence-corrected chi connectivity index (χ4v) is 2.66. The minimum Gasteiger partial charge on any atom is -0.458 e. The van der Waals surface area contributed by atoms with E-state index in [-0.39, 0.29) is 6.04 Å². The molecule has 2 heterocycles. The van der Waals surface area contributed by atoms with Crippen molar-refractivity contribution in [3.8, 4) is 0 Å². The van der Waals surface area contributed by atoms with Crippen LogP contribution in [0.2, 0.25) is 0 Å². The monoisotopic (exact) mass is 319 g/mol. The maximum atomic E-state index is 6.26. The van der Waals surface area contributed by atoms with Crippen molar-refractivity contribution in [2.45, 2.75) is 19.5 Å². The van der Waals surface area contributed by atoms with Crippen LogP contribution in [0.5, 0.6) is 0 Å². The maximum Gasteiger partial charge on any atom is 0.148 e. The predicted octanol–water partition coefficient (Wildman–Crippen LogP) is 3.46. The number of aryl methyl sites for hydroxylation is 1. The number of halogens is 1. The minimum atomic E-state index is -0.353. The SMILES string of the molecule is CCn1ccnc1C(N)c1cc2cccc(Br)c2o1. The zero-order valence-electron chi connectivity index (χ0n) is 10.5. The van der Waals surface area contributed by atoms with Crippen LogP contribution in [0.3, 0.4) is 0 Å². The van der Waals surface area contributed by atoms with E-state index in [2.05, 4.69) is 27.8 Å². The quantitative estimate of drug-likeness (QED) is 0.804. The lowest BCUT2D eigenvalue weighted by atomic mass is 10.2. The van der Waals surface area contributed by atoms with Gasteiger partial charge >= 0.3 is 0 Å². The highest BCUT2D eigenvalue weighted by Crippen LogP contribution is 2.30. The summed E-state index contributed by atoms with van der Waals surface area (Å²) in [5.41, 5.74) is 7.08. The number of fused-ring (bicyclic) bond motifs is 1. The first-order valence-electron chi connectivity index (χ1n) is 6.15. The van der Waals surface area contributed by atoms with E-state index in [1.165, 1.54) is 0 Å². The highest BCUT2D eigenvalue weighted by molar-refractivity contribution is 9.10. The first-order valence-corrected chi connectivity index (χ1v) is 6.94. The third kappa shape index (κ3) is 2.09. The minimum absolute atomic E-state index is 0.353. The molecule has 5 heteroatoms. The highest BCUT2D eigenvalue weighted by Gasteiger charge is 2.19. The maximum absolute atomic E-state index is 6.26. The number of rotatable bonds is 3. The van der Waals surface area contributed by atoms with Crippen molar-refractivity contribution in [3.63, 3.8) is 0 Å². The van der Waals surface area contributed by atoms with E-state index >= 15 is 0 Å². The van der Waals surface area contributed by atoms with Crippen molar-refractivity contribution in [1.82, 2.24) is 9.55 Å². The Kier molecular flexibility index (Phi) is 3.16. The van der Waals surface area contributed by atoms with Gasteiger partial charge in [0.15, 0.2) is 0 Å². The molecule has 2 N–H and O–H groups in total. The molecule has 1 unspecified atom stereocenters. The Hall–Kier alpha value is -1.59. The van der Waals surface area contributed by atoms with Gasteiger partial charge in [-0.1, -0.05) is 12.1 Å². The van der Waals surface area contributed by atoms with Gasteiger partial charge in [-0.3, -0.25) is 0 Å². The molecule has 0 saturated heterocycles. The van der Waals surface area contributed by atoms with Gasteiger partial charge in [0, 0.05) is 24.3 Å². The van der Waals surface area contributed by atoms with Crippen LogP contribution in [0.25, 0.3) is 11.0 Å². The molecule has 98 valence electrons. The predicted molar refractivity (Wildman–Crippen MR) is 77.8 cm³/mol. The van der Waals surface area contributed by atoms with E-state index in [4.69, 9.17) is 10.2 Å². The number of aromatic nitrogens is 2. The van der Waals surface area contributed by atoms with E-state index in [0.717, 1.165) is 33.6 Å². The topological polar surface area (TPSA) is 57.0 Å². The number of furan rings is 1. The number of para-hydroxylation sites is 1. The summed E-state index contributed by atoms with van der Waals surface area (Å²) in [6, 6.07) is 7.55. The number of hydrogen-bond acceptors (Lipinski definition) is 3. The lowest BCUT2D eigenvalue weighted by molar-refractivity contribution is 0.503. The van der Waals surface area contributed by atoms with Crippen LogP contribution in [0, 0.1) is 0 Å². The Morgan fingerprint density at radius 1 is 1.47 bits per heavy atom. The van der Waals surface area contributed by atoms with Crippen LogP contribution in [0.4, 0.5) is 0 Å². The summed E-state index contributed by atoms with van der Waals surface area (Å²) < 4.78 is 8.81. The smallest absolute Gasteiger partial charge is 0.148 e. The lowest BCUT2D eigenvalue weighted by Crippen LogP contribution is -2.16. The Morgan fingerprint density at radius 2 is 2.32 bits per heavy atom. The van der Waals surface area contributed by atoms with Gasteiger partial charge in [-0.25, -0.2) is 4.98 Å². The standard InChI is InChI=1S/C14H14BrN3O/c1-2-18-7-6-17-14(18)12(16)11-8-9-4-3-5-10(15)13(9)19-11/h3-8,12H,2,16H2,1H3. The molecule has 1 aromatic carbocycles. The second kappa shape index (κ2) is 4.83. The zero-order chi connectivity index (χ0) is 13.4. The van der Waals surface area contributed by atoms with Crippen molar-refractivity contribution < 1.29 is 4.42 Å². The summed E-state index contributed by atoms with van der Waals surface area (Å²) in [6.45, 7) is 2.90. The van der Waals surface area contributed by atoms with Gasteiger partial charge in [-0.15, -0.1) is 0 Å². The number of benzene rings is 1. The molecule has 2 aromatic heterocycles. The number of nitrogens with zero attached hydrogens (tertiary/aromatic N) is 2. The van der Waals surface area contributed by atoms with Crippen molar-refractivity contribution in [2.24, 2.45) is 5.73 Å². The summed E-state index contributed by atoms with van der Waals surface area (Å²) in [7, 11) is 0.